The molecule has 1 aliphatic heterocycles. The first-order valence-electron chi connectivity index (χ1n) is 9.42. The molecule has 1 saturated heterocycles. The summed E-state index contributed by atoms with van der Waals surface area (Å²) in [5, 5.41) is 2.61. The molecule has 0 aliphatic carbocycles. The number of likely N-dealkylation sites (tertiary alicyclic amines) is 1. The Morgan fingerprint density at radius 1 is 1.07 bits per heavy atom. The van der Waals surface area contributed by atoms with Gasteiger partial charge in [-0.25, -0.2) is 0 Å². The molecular formula is C22H27N3O2. The third-order valence-corrected chi connectivity index (χ3v) is 5.12. The highest BCUT2D eigenvalue weighted by atomic mass is 16.2. The lowest BCUT2D eigenvalue weighted by Gasteiger charge is -2.28. The van der Waals surface area contributed by atoms with Gasteiger partial charge >= 0.3 is 0 Å². The average molecular weight is 365 g/mol. The van der Waals surface area contributed by atoms with Gasteiger partial charge in [-0.3, -0.25) is 14.5 Å². The van der Waals surface area contributed by atoms with E-state index in [0.29, 0.717) is 12.1 Å². The Kier molecular flexibility index (Phi) is 6.24. The Morgan fingerprint density at radius 3 is 2.44 bits per heavy atom. The maximum Gasteiger partial charge on any atom is 0.251 e. The van der Waals surface area contributed by atoms with E-state index in [0.717, 1.165) is 31.5 Å². The summed E-state index contributed by atoms with van der Waals surface area (Å²) in [7, 11) is 3.47. The number of likely N-dealkylation sites (N-methyl/N-ethyl adjacent to an activating group) is 1. The number of nitrogens with one attached hydrogen (secondary N) is 1. The van der Waals surface area contributed by atoms with E-state index in [-0.39, 0.29) is 17.9 Å². The fourth-order valence-electron chi connectivity index (χ4n) is 3.63. The van der Waals surface area contributed by atoms with Crippen molar-refractivity contribution >= 4 is 11.8 Å². The van der Waals surface area contributed by atoms with Crippen LogP contribution in [-0.4, -0.2) is 48.3 Å². The number of rotatable bonds is 6. The van der Waals surface area contributed by atoms with Crippen molar-refractivity contribution in [2.75, 3.05) is 20.6 Å². The van der Waals surface area contributed by atoms with Crippen molar-refractivity contribution in [2.45, 2.75) is 32.0 Å². The van der Waals surface area contributed by atoms with Gasteiger partial charge in [0.2, 0.25) is 5.91 Å². The van der Waals surface area contributed by atoms with Crippen LogP contribution in [0, 0.1) is 0 Å². The van der Waals surface area contributed by atoms with Crippen molar-refractivity contribution in [2.24, 2.45) is 0 Å². The molecule has 0 unspecified atom stereocenters. The molecule has 0 radical (unpaired) electrons. The van der Waals surface area contributed by atoms with Crippen LogP contribution >= 0.6 is 0 Å². The van der Waals surface area contributed by atoms with E-state index in [1.54, 1.807) is 24.1 Å². The molecule has 3 rings (SSSR count). The molecule has 0 saturated carbocycles. The van der Waals surface area contributed by atoms with Crippen LogP contribution in [0.1, 0.15) is 34.3 Å². The van der Waals surface area contributed by atoms with E-state index in [9.17, 15) is 9.59 Å². The van der Waals surface area contributed by atoms with Gasteiger partial charge in [-0.05, 0) is 42.6 Å². The lowest BCUT2D eigenvalue weighted by Crippen LogP contribution is -2.43. The first-order valence-corrected chi connectivity index (χ1v) is 9.42. The van der Waals surface area contributed by atoms with E-state index in [2.05, 4.69) is 22.3 Å². The molecule has 0 aromatic heterocycles. The molecule has 2 amide bonds. The SMILES string of the molecule is CNC(=O)c1ccc(CN(C)C(=O)[C@H]2CCCN2Cc2ccccc2)cc1. The molecular weight excluding hydrogens is 338 g/mol. The smallest absolute Gasteiger partial charge is 0.251 e. The molecule has 0 spiro atoms. The van der Waals surface area contributed by atoms with Gasteiger partial charge in [0.05, 0.1) is 6.04 Å². The second kappa shape index (κ2) is 8.82. The third-order valence-electron chi connectivity index (χ3n) is 5.12. The zero-order chi connectivity index (χ0) is 19.2. The maximum absolute atomic E-state index is 13.0. The third kappa shape index (κ3) is 4.74. The van der Waals surface area contributed by atoms with Gasteiger partial charge in [-0.15, -0.1) is 0 Å². The molecule has 1 fully saturated rings. The topological polar surface area (TPSA) is 52.7 Å². The van der Waals surface area contributed by atoms with Crippen LogP contribution in [0.5, 0.6) is 0 Å². The maximum atomic E-state index is 13.0. The minimum Gasteiger partial charge on any atom is -0.355 e. The molecule has 1 N–H and O–H groups in total. The van der Waals surface area contributed by atoms with Gasteiger partial charge in [-0.1, -0.05) is 42.5 Å². The first-order chi connectivity index (χ1) is 13.1. The highest BCUT2D eigenvalue weighted by Gasteiger charge is 2.32. The highest BCUT2D eigenvalue weighted by molar-refractivity contribution is 5.93. The van der Waals surface area contributed by atoms with Gasteiger partial charge in [0.25, 0.3) is 5.91 Å². The quantitative estimate of drug-likeness (QED) is 0.856. The van der Waals surface area contributed by atoms with Crippen molar-refractivity contribution in [3.05, 3.63) is 71.3 Å². The van der Waals surface area contributed by atoms with E-state index >= 15 is 0 Å². The Labute approximate surface area is 161 Å². The van der Waals surface area contributed by atoms with Crippen molar-refractivity contribution in [1.82, 2.24) is 15.1 Å². The molecule has 1 aliphatic rings. The summed E-state index contributed by atoms with van der Waals surface area (Å²) in [5.41, 5.74) is 2.89. The Balaban J connectivity index is 1.61. The van der Waals surface area contributed by atoms with Crippen LogP contribution < -0.4 is 5.32 Å². The van der Waals surface area contributed by atoms with Gasteiger partial charge in [0.15, 0.2) is 0 Å². The lowest BCUT2D eigenvalue weighted by molar-refractivity contribution is -0.135. The molecule has 2 aromatic carbocycles. The molecule has 5 nitrogen and oxygen atoms in total. The molecule has 5 heteroatoms. The van der Waals surface area contributed by atoms with Crippen molar-refractivity contribution < 1.29 is 9.59 Å². The fourth-order valence-corrected chi connectivity index (χ4v) is 3.63. The monoisotopic (exact) mass is 365 g/mol. The molecule has 1 atom stereocenters. The van der Waals surface area contributed by atoms with Gasteiger partial charge in [-0.2, -0.15) is 0 Å². The summed E-state index contributed by atoms with van der Waals surface area (Å²) in [6.45, 7) is 2.31. The summed E-state index contributed by atoms with van der Waals surface area (Å²) >= 11 is 0. The number of benzene rings is 2. The van der Waals surface area contributed by atoms with Crippen LogP contribution in [0.3, 0.4) is 0 Å². The van der Waals surface area contributed by atoms with Crippen LogP contribution in [0.4, 0.5) is 0 Å². The summed E-state index contributed by atoms with van der Waals surface area (Å²) in [5.74, 6) is 0.0623. The molecule has 2 aromatic rings. The molecule has 0 bridgehead atoms. The van der Waals surface area contributed by atoms with Crippen LogP contribution in [0.25, 0.3) is 0 Å². The second-order valence-corrected chi connectivity index (χ2v) is 7.08. The highest BCUT2D eigenvalue weighted by Crippen LogP contribution is 2.22. The number of amides is 2. The Hall–Kier alpha value is -2.66. The number of carbonyl (C=O) groups excluding carboxylic acids is 2. The number of carbonyl (C=O) groups is 2. The van der Waals surface area contributed by atoms with Gasteiger partial charge < -0.3 is 10.2 Å². The van der Waals surface area contributed by atoms with E-state index in [4.69, 9.17) is 0 Å². The van der Waals surface area contributed by atoms with E-state index < -0.39 is 0 Å². The van der Waals surface area contributed by atoms with Crippen LogP contribution in [0.15, 0.2) is 54.6 Å². The predicted molar refractivity (Wildman–Crippen MR) is 106 cm³/mol. The summed E-state index contributed by atoms with van der Waals surface area (Å²) in [6, 6.07) is 17.7. The Morgan fingerprint density at radius 2 is 1.78 bits per heavy atom. The van der Waals surface area contributed by atoms with Crippen LogP contribution in [0.2, 0.25) is 0 Å². The summed E-state index contributed by atoms with van der Waals surface area (Å²) < 4.78 is 0. The molecule has 142 valence electrons. The van der Waals surface area contributed by atoms with Gasteiger partial charge in [0.1, 0.15) is 0 Å². The summed E-state index contributed by atoms with van der Waals surface area (Å²) in [6.07, 6.45) is 1.96. The van der Waals surface area contributed by atoms with Crippen molar-refractivity contribution in [3.8, 4) is 0 Å². The van der Waals surface area contributed by atoms with E-state index in [1.807, 2.05) is 37.4 Å². The van der Waals surface area contributed by atoms with E-state index in [1.165, 1.54) is 5.56 Å². The second-order valence-electron chi connectivity index (χ2n) is 7.08. The molecule has 1 heterocycles. The lowest BCUT2D eigenvalue weighted by atomic mass is 10.1. The zero-order valence-electron chi connectivity index (χ0n) is 16.0. The Bertz CT molecular complexity index is 774. The minimum absolute atomic E-state index is 0.0552. The number of hydrogen-bond donors (Lipinski definition) is 1. The first kappa shape index (κ1) is 19.1. The van der Waals surface area contributed by atoms with Crippen molar-refractivity contribution in [1.29, 1.82) is 0 Å². The largest absolute Gasteiger partial charge is 0.355 e. The zero-order valence-corrected chi connectivity index (χ0v) is 16.0. The average Bonchev–Trinajstić information content (AvgIpc) is 3.16. The standard InChI is InChI=1S/C22H27N3O2/c1-23-21(26)19-12-10-18(11-13-19)15-24(2)22(27)20-9-6-14-25(20)16-17-7-4-3-5-8-17/h3-5,7-8,10-13,20H,6,9,14-16H2,1-2H3,(H,23,26)/t20-/m1/s1. The predicted octanol–water partition coefficient (Wildman–Crippen LogP) is 2.67. The van der Waals surface area contributed by atoms with Crippen molar-refractivity contribution in [3.63, 3.8) is 0 Å². The number of hydrogen-bond acceptors (Lipinski definition) is 3. The summed E-state index contributed by atoms with van der Waals surface area (Å²) in [4.78, 5) is 28.7. The minimum atomic E-state index is -0.103. The molecule has 27 heavy (non-hydrogen) atoms. The fraction of sp³-hybridized carbons (Fsp3) is 0.364. The number of nitrogens with zero attached hydrogens (tertiary/aromatic N) is 2. The normalized spacial score (nSPS) is 16.9. The van der Waals surface area contributed by atoms with Gasteiger partial charge in [0, 0.05) is 32.7 Å². The van der Waals surface area contributed by atoms with Crippen LogP contribution in [-0.2, 0) is 17.9 Å².